The number of rotatable bonds is 17. The predicted octanol–water partition coefficient (Wildman–Crippen LogP) is 5.91. The van der Waals surface area contributed by atoms with Crippen molar-refractivity contribution in [2.75, 3.05) is 13.9 Å². The molecule has 1 N–H and O–H groups in total. The second-order valence-corrected chi connectivity index (χ2v) is 17.6. The monoisotopic (exact) mass is 406 g/mol. The zero-order chi connectivity index (χ0) is 18.3. The van der Waals surface area contributed by atoms with Crippen molar-refractivity contribution in [3.05, 3.63) is 0 Å². The summed E-state index contributed by atoms with van der Waals surface area (Å²) in [4.78, 5) is 0.288. The van der Waals surface area contributed by atoms with Gasteiger partial charge < -0.3 is 0 Å². The van der Waals surface area contributed by atoms with E-state index in [4.69, 9.17) is 9.47 Å². The molecule has 0 heterocycles. The summed E-state index contributed by atoms with van der Waals surface area (Å²) in [5, 5.41) is 14.6. The fourth-order valence-corrected chi connectivity index (χ4v) is 16.5. The molecular formula is C20H44GeO3. The summed E-state index contributed by atoms with van der Waals surface area (Å²) in [7, 11) is 1.71. The molecular weight excluding hydrogens is 361 g/mol. The van der Waals surface area contributed by atoms with Crippen LogP contribution in [0.1, 0.15) is 85.5 Å². The summed E-state index contributed by atoms with van der Waals surface area (Å²) in [5.41, 5.74) is 0. The Morgan fingerprint density at radius 2 is 1.33 bits per heavy atom. The van der Waals surface area contributed by atoms with Crippen LogP contribution >= 0.6 is 0 Å². The van der Waals surface area contributed by atoms with Gasteiger partial charge >= 0.3 is 154 Å². The molecule has 3 nitrogen and oxygen atoms in total. The number of methoxy groups -OCH3 is 1. The van der Waals surface area contributed by atoms with Gasteiger partial charge in [-0.15, -0.1) is 0 Å². The van der Waals surface area contributed by atoms with E-state index in [0.717, 1.165) is 19.3 Å². The van der Waals surface area contributed by atoms with Gasteiger partial charge in [-0.05, 0) is 0 Å². The summed E-state index contributed by atoms with van der Waals surface area (Å²) in [6, 6.07) is 0. The quantitative estimate of drug-likeness (QED) is 0.241. The summed E-state index contributed by atoms with van der Waals surface area (Å²) in [5.74, 6) is 0. The van der Waals surface area contributed by atoms with Crippen LogP contribution in [0.15, 0.2) is 0 Å². The third kappa shape index (κ3) is 9.79. The average molecular weight is 405 g/mol. The zero-order valence-electron chi connectivity index (χ0n) is 17.1. The van der Waals surface area contributed by atoms with Gasteiger partial charge in [0.15, 0.2) is 0 Å². The van der Waals surface area contributed by atoms with Crippen LogP contribution in [0.5, 0.6) is 0 Å². The maximum atomic E-state index is 10.5. The molecule has 0 aromatic heterocycles. The van der Waals surface area contributed by atoms with Crippen LogP contribution in [0.2, 0.25) is 15.8 Å². The van der Waals surface area contributed by atoms with E-state index in [1.165, 1.54) is 54.3 Å². The Kier molecular flexibility index (Phi) is 15.9. The van der Waals surface area contributed by atoms with Crippen molar-refractivity contribution in [1.82, 2.24) is 0 Å². The number of hydrogen-bond acceptors (Lipinski definition) is 3. The van der Waals surface area contributed by atoms with Crippen LogP contribution in [0.25, 0.3) is 0 Å². The maximum absolute atomic E-state index is 10.5. The second kappa shape index (κ2) is 15.7. The Labute approximate surface area is 154 Å². The Balaban J connectivity index is 5.33. The molecule has 0 radical (unpaired) electrons. The minimum atomic E-state index is -2.20. The van der Waals surface area contributed by atoms with Crippen LogP contribution in [0, 0.1) is 0 Å². The van der Waals surface area contributed by atoms with Gasteiger partial charge in [0.05, 0.1) is 0 Å². The third-order valence-corrected chi connectivity index (χ3v) is 17.5. The van der Waals surface area contributed by atoms with Crippen molar-refractivity contribution in [1.29, 1.82) is 0 Å². The molecule has 0 spiro atoms. The minimum absolute atomic E-state index is 0.216. The van der Waals surface area contributed by atoms with E-state index < -0.39 is 13.3 Å². The molecule has 0 aliphatic rings. The first kappa shape index (κ1) is 24.4. The Morgan fingerprint density at radius 1 is 0.833 bits per heavy atom. The molecule has 0 bridgehead atoms. The van der Waals surface area contributed by atoms with Gasteiger partial charge in [-0.3, -0.25) is 0 Å². The third-order valence-electron chi connectivity index (χ3n) is 5.26. The molecule has 0 saturated carbocycles. The van der Waals surface area contributed by atoms with Crippen LogP contribution in [0.4, 0.5) is 0 Å². The van der Waals surface area contributed by atoms with Gasteiger partial charge in [-0.25, -0.2) is 0 Å². The van der Waals surface area contributed by atoms with Crippen LogP contribution < -0.4 is 0 Å². The molecule has 2 atom stereocenters. The van der Waals surface area contributed by atoms with Crippen molar-refractivity contribution >= 4 is 13.3 Å². The van der Waals surface area contributed by atoms with Crippen molar-refractivity contribution < 1.29 is 14.6 Å². The molecule has 146 valence electrons. The van der Waals surface area contributed by atoms with E-state index in [1.807, 2.05) is 0 Å². The first-order valence-corrected chi connectivity index (χ1v) is 16.0. The number of hydrogen-bond donors (Lipinski definition) is 1. The van der Waals surface area contributed by atoms with Crippen LogP contribution in [0.3, 0.4) is 0 Å². The molecule has 0 amide bonds. The van der Waals surface area contributed by atoms with Gasteiger partial charge in [0, 0.05) is 0 Å². The Morgan fingerprint density at radius 3 is 1.71 bits per heavy atom. The molecule has 0 fully saturated rings. The van der Waals surface area contributed by atoms with E-state index in [9.17, 15) is 5.11 Å². The van der Waals surface area contributed by atoms with Crippen molar-refractivity contribution in [2.24, 2.45) is 0 Å². The molecule has 0 aliphatic carbocycles. The molecule has 24 heavy (non-hydrogen) atoms. The molecule has 0 saturated heterocycles. The van der Waals surface area contributed by atoms with Crippen LogP contribution in [-0.2, 0) is 9.47 Å². The summed E-state index contributed by atoms with van der Waals surface area (Å²) < 4.78 is 11.5. The summed E-state index contributed by atoms with van der Waals surface area (Å²) >= 11 is -2.20. The Bertz CT molecular complexity index is 252. The zero-order valence-corrected chi connectivity index (χ0v) is 19.2. The van der Waals surface area contributed by atoms with Crippen molar-refractivity contribution in [3.63, 3.8) is 0 Å². The van der Waals surface area contributed by atoms with Gasteiger partial charge in [0.25, 0.3) is 0 Å². The van der Waals surface area contributed by atoms with E-state index in [-0.39, 0.29) is 11.0 Å². The average Bonchev–Trinajstić information content (AvgIpc) is 2.58. The van der Waals surface area contributed by atoms with Crippen molar-refractivity contribution in [3.8, 4) is 0 Å². The number of ether oxygens (including phenoxy) is 2. The number of aliphatic hydroxyl groups is 1. The standard InChI is InChI=1S/C20H44GeO3/c1-6-10-14-21(15-11-7-2,16-12-8-3)20(24-18-23-5)17-19(22)13-9-4/h19-20,22H,6-18H2,1-5H3/t19-,20-/m0/s1. The van der Waals surface area contributed by atoms with E-state index >= 15 is 0 Å². The molecule has 0 unspecified atom stereocenters. The molecule has 0 aromatic carbocycles. The summed E-state index contributed by atoms with van der Waals surface area (Å²) in [6.45, 7) is 9.41. The second-order valence-electron chi connectivity index (χ2n) is 7.41. The Hall–Kier alpha value is 0.423. The molecule has 0 rings (SSSR count). The van der Waals surface area contributed by atoms with Crippen LogP contribution in [-0.4, -0.2) is 43.3 Å². The predicted molar refractivity (Wildman–Crippen MR) is 107 cm³/mol. The fraction of sp³-hybridized carbons (Fsp3) is 1.00. The SMILES string of the molecule is CCC[CH2][Ge]([CH2]CCC)([CH2]CCC)[C@H](C[C@@H](O)CCC)OCOC. The van der Waals surface area contributed by atoms with Gasteiger partial charge in [-0.1, -0.05) is 0 Å². The molecule has 0 aliphatic heterocycles. The van der Waals surface area contributed by atoms with E-state index in [2.05, 4.69) is 27.7 Å². The van der Waals surface area contributed by atoms with Crippen molar-refractivity contribution in [2.45, 2.75) is 112 Å². The first-order valence-electron chi connectivity index (χ1n) is 10.4. The molecule has 0 aromatic rings. The van der Waals surface area contributed by atoms with Gasteiger partial charge in [-0.2, -0.15) is 0 Å². The van der Waals surface area contributed by atoms with E-state index in [1.54, 1.807) is 7.11 Å². The van der Waals surface area contributed by atoms with Gasteiger partial charge in [0.2, 0.25) is 0 Å². The number of aliphatic hydroxyl groups excluding tert-OH is 1. The summed E-state index contributed by atoms with van der Waals surface area (Å²) in [6.07, 6.45) is 10.3. The van der Waals surface area contributed by atoms with Gasteiger partial charge in [0.1, 0.15) is 0 Å². The molecule has 4 heteroatoms. The normalized spacial score (nSPS) is 14.8. The number of unbranched alkanes of at least 4 members (excludes halogenated alkanes) is 3. The first-order chi connectivity index (χ1) is 11.6. The fourth-order valence-electron chi connectivity index (χ4n) is 3.79. The van der Waals surface area contributed by atoms with E-state index in [0.29, 0.717) is 6.79 Å². The topological polar surface area (TPSA) is 38.7 Å².